The van der Waals surface area contributed by atoms with Gasteiger partial charge in [-0.15, -0.1) is 0 Å². The molecule has 2 nitrogen and oxygen atoms in total. The maximum Gasteiger partial charge on any atom is 0.238 e. The lowest BCUT2D eigenvalue weighted by molar-refractivity contribution is 0.614. The largest absolute Gasteiger partial charge is 0.238 e. The van der Waals surface area contributed by atoms with Crippen LogP contribution in [0.5, 0.6) is 0 Å². The van der Waals surface area contributed by atoms with Crippen molar-refractivity contribution >= 4 is 39.1 Å². The van der Waals surface area contributed by atoms with E-state index in [-0.39, 0.29) is 0 Å². The Morgan fingerprint density at radius 1 is 0.857 bits per heavy atom. The topological polar surface area (TPSA) is 34.1 Å². The highest BCUT2D eigenvalue weighted by Crippen LogP contribution is 2.11. The molecule has 21 heavy (non-hydrogen) atoms. The fourth-order valence-corrected chi connectivity index (χ4v) is 2.36. The third-order valence-electron chi connectivity index (χ3n) is 2.49. The first-order valence-corrected chi connectivity index (χ1v) is 8.22. The van der Waals surface area contributed by atoms with Crippen LogP contribution in [0.3, 0.4) is 0 Å². The summed E-state index contributed by atoms with van der Waals surface area (Å²) in [5.74, 6) is 2.59. The molecule has 0 amide bonds. The van der Waals surface area contributed by atoms with Gasteiger partial charge in [0.15, 0.2) is 0 Å². The second-order valence-electron chi connectivity index (χ2n) is 4.13. The second-order valence-corrected chi connectivity index (χ2v) is 6.57. The van der Waals surface area contributed by atoms with Gasteiger partial charge in [-0.2, -0.15) is 0 Å². The molecular formula is C16H10Cl2O2S. The predicted molar refractivity (Wildman–Crippen MR) is 87.7 cm³/mol. The summed E-state index contributed by atoms with van der Waals surface area (Å²) in [6.45, 7) is 0. The molecule has 0 saturated carbocycles. The Kier molecular flexibility index (Phi) is 5.08. The molecule has 0 aliphatic carbocycles. The Balaban J connectivity index is 2.16. The van der Waals surface area contributed by atoms with Crippen molar-refractivity contribution in [1.29, 1.82) is 0 Å². The van der Waals surface area contributed by atoms with E-state index in [1.807, 2.05) is 0 Å². The van der Waals surface area contributed by atoms with E-state index in [2.05, 4.69) is 11.2 Å². The maximum atomic E-state index is 11.8. The third-order valence-corrected chi connectivity index (χ3v) is 3.88. The van der Waals surface area contributed by atoms with Crippen LogP contribution in [-0.2, 0) is 9.84 Å². The van der Waals surface area contributed by atoms with Crippen molar-refractivity contribution < 1.29 is 8.42 Å². The first kappa shape index (κ1) is 15.7. The van der Waals surface area contributed by atoms with Gasteiger partial charge in [-0.05, 0) is 54.0 Å². The summed E-state index contributed by atoms with van der Waals surface area (Å²) in [4.78, 5) is 0. The highest BCUT2D eigenvalue weighted by molar-refractivity contribution is 7.98. The van der Waals surface area contributed by atoms with Gasteiger partial charge in [0.2, 0.25) is 9.84 Å². The number of hydrogen-bond donors (Lipinski definition) is 0. The van der Waals surface area contributed by atoms with Gasteiger partial charge >= 0.3 is 0 Å². The van der Waals surface area contributed by atoms with Crippen LogP contribution in [0, 0.1) is 11.2 Å². The van der Waals surface area contributed by atoms with Gasteiger partial charge in [0.05, 0.1) is 0 Å². The summed E-state index contributed by atoms with van der Waals surface area (Å²) in [5, 5.41) is 4.48. The molecule has 0 fully saturated rings. The average Bonchev–Trinajstić information content (AvgIpc) is 2.46. The molecule has 0 aliphatic heterocycles. The van der Waals surface area contributed by atoms with Crippen molar-refractivity contribution in [2.75, 3.05) is 0 Å². The van der Waals surface area contributed by atoms with Gasteiger partial charge in [0, 0.05) is 26.3 Å². The molecule has 2 aromatic carbocycles. The lowest BCUT2D eigenvalue weighted by atomic mass is 10.2. The van der Waals surface area contributed by atoms with Crippen molar-refractivity contribution in [3.63, 3.8) is 0 Å². The minimum absolute atomic E-state index is 0.575. The molecule has 2 aromatic rings. The van der Waals surface area contributed by atoms with Crippen molar-refractivity contribution in [2.45, 2.75) is 0 Å². The van der Waals surface area contributed by atoms with Crippen LogP contribution in [0.1, 0.15) is 11.1 Å². The summed E-state index contributed by atoms with van der Waals surface area (Å²) in [6, 6.07) is 13.5. The van der Waals surface area contributed by atoms with Crippen LogP contribution in [0.15, 0.2) is 53.9 Å². The molecule has 0 bridgehead atoms. The van der Waals surface area contributed by atoms with Crippen LogP contribution in [-0.4, -0.2) is 8.42 Å². The van der Waals surface area contributed by atoms with Crippen LogP contribution < -0.4 is 0 Å². The zero-order valence-corrected chi connectivity index (χ0v) is 13.1. The summed E-state index contributed by atoms with van der Waals surface area (Å²) in [7, 11) is -3.61. The maximum absolute atomic E-state index is 11.8. The SMILES string of the molecule is O=S(=O)(C#Cc1ccc(Cl)cc1)/C=C/c1ccc(Cl)cc1. The van der Waals surface area contributed by atoms with E-state index in [0.29, 0.717) is 15.6 Å². The fraction of sp³-hybridized carbons (Fsp3) is 0. The molecule has 0 spiro atoms. The zero-order chi connectivity index (χ0) is 15.3. The smallest absolute Gasteiger partial charge is 0.211 e. The molecule has 0 unspecified atom stereocenters. The van der Waals surface area contributed by atoms with E-state index in [1.165, 1.54) is 6.08 Å². The number of hydrogen-bond acceptors (Lipinski definition) is 2. The van der Waals surface area contributed by atoms with E-state index in [9.17, 15) is 8.42 Å². The lowest BCUT2D eigenvalue weighted by Gasteiger charge is -1.93. The predicted octanol–water partition coefficient (Wildman–Crippen LogP) is 4.39. The van der Waals surface area contributed by atoms with Crippen LogP contribution in [0.4, 0.5) is 0 Å². The molecule has 0 heterocycles. The average molecular weight is 337 g/mol. The van der Waals surface area contributed by atoms with Crippen molar-refractivity contribution in [1.82, 2.24) is 0 Å². The molecule has 0 radical (unpaired) electrons. The van der Waals surface area contributed by atoms with Crippen LogP contribution in [0.2, 0.25) is 10.0 Å². The van der Waals surface area contributed by atoms with Gasteiger partial charge in [0.1, 0.15) is 0 Å². The number of benzene rings is 2. The Labute approximate surface area is 133 Å². The number of halogens is 2. The standard InChI is InChI=1S/C16H10Cl2O2S/c17-15-5-1-13(2-6-15)9-11-21(19,20)12-10-14-3-7-16(18)8-4-14/h1-9,11H/b11-9+. The van der Waals surface area contributed by atoms with E-state index < -0.39 is 9.84 Å². The molecule has 106 valence electrons. The van der Waals surface area contributed by atoms with Gasteiger partial charge < -0.3 is 0 Å². The van der Waals surface area contributed by atoms with E-state index in [0.717, 1.165) is 11.0 Å². The fourth-order valence-electron chi connectivity index (χ4n) is 1.44. The minimum Gasteiger partial charge on any atom is -0.211 e. The number of sulfone groups is 1. The van der Waals surface area contributed by atoms with Crippen molar-refractivity contribution in [2.24, 2.45) is 0 Å². The molecule has 0 atom stereocenters. The molecular weight excluding hydrogens is 327 g/mol. The van der Waals surface area contributed by atoms with Crippen molar-refractivity contribution in [3.05, 3.63) is 75.1 Å². The molecule has 0 aliphatic rings. The monoisotopic (exact) mass is 336 g/mol. The van der Waals surface area contributed by atoms with Crippen LogP contribution in [0.25, 0.3) is 6.08 Å². The first-order chi connectivity index (χ1) is 9.94. The molecule has 0 N–H and O–H groups in total. The highest BCUT2D eigenvalue weighted by Gasteiger charge is 1.99. The first-order valence-electron chi connectivity index (χ1n) is 5.92. The quantitative estimate of drug-likeness (QED) is 0.762. The molecule has 0 saturated heterocycles. The highest BCUT2D eigenvalue weighted by atomic mass is 35.5. The van der Waals surface area contributed by atoms with E-state index in [4.69, 9.17) is 23.2 Å². The number of rotatable bonds is 2. The lowest BCUT2D eigenvalue weighted by Crippen LogP contribution is -1.89. The Hall–Kier alpha value is -1.73. The second kappa shape index (κ2) is 6.82. The molecule has 0 aromatic heterocycles. The van der Waals surface area contributed by atoms with Gasteiger partial charge in [-0.3, -0.25) is 0 Å². The Morgan fingerprint density at radius 2 is 1.38 bits per heavy atom. The normalized spacial score (nSPS) is 11.1. The van der Waals surface area contributed by atoms with Gasteiger partial charge in [0.25, 0.3) is 0 Å². The van der Waals surface area contributed by atoms with Crippen LogP contribution >= 0.6 is 23.2 Å². The Bertz CT molecular complexity index is 809. The summed E-state index contributed by atoms with van der Waals surface area (Å²) in [6.07, 6.45) is 1.47. The molecule has 5 heteroatoms. The van der Waals surface area contributed by atoms with Gasteiger partial charge in [-0.1, -0.05) is 35.3 Å². The summed E-state index contributed by atoms with van der Waals surface area (Å²) in [5.41, 5.74) is 1.32. The minimum atomic E-state index is -3.61. The van der Waals surface area contributed by atoms with E-state index >= 15 is 0 Å². The molecule has 2 rings (SSSR count). The summed E-state index contributed by atoms with van der Waals surface area (Å²) < 4.78 is 23.6. The zero-order valence-electron chi connectivity index (χ0n) is 10.8. The third kappa shape index (κ3) is 5.28. The Morgan fingerprint density at radius 3 is 1.95 bits per heavy atom. The summed E-state index contributed by atoms with van der Waals surface area (Å²) >= 11 is 11.5. The van der Waals surface area contributed by atoms with E-state index in [1.54, 1.807) is 48.5 Å². The van der Waals surface area contributed by atoms with Crippen molar-refractivity contribution in [3.8, 4) is 11.2 Å². The van der Waals surface area contributed by atoms with Gasteiger partial charge in [-0.25, -0.2) is 8.42 Å².